The average Bonchev–Trinajstić information content (AvgIpc) is 3.07. The molecule has 0 spiro atoms. The van der Waals surface area contributed by atoms with Gasteiger partial charge >= 0.3 is 12.3 Å². The maximum absolute atomic E-state index is 13.4. The lowest BCUT2D eigenvalue weighted by molar-refractivity contribution is -0.137. The van der Waals surface area contributed by atoms with Crippen molar-refractivity contribution >= 4 is 29.7 Å². The first-order chi connectivity index (χ1) is 25.1. The van der Waals surface area contributed by atoms with Crippen molar-refractivity contribution in [2.45, 2.75) is 129 Å². The van der Waals surface area contributed by atoms with Gasteiger partial charge < -0.3 is 36.4 Å². The molecule has 2 aromatic rings. The number of nitrogens with zero attached hydrogens (tertiary/aromatic N) is 1. The van der Waals surface area contributed by atoms with E-state index in [4.69, 9.17) is 4.74 Å². The molecule has 0 saturated carbocycles. The SMILES string of the molecule is CC(C)[C@H](NC(=O)[C@H](C)C[C@H](O)[C@H](Cc1ccccc1)NC(=O)[C@H](C)NC(=O)[C@@H](CCCC(F)(F)F)NC(=O)OC(C)(C)C)C(=O)NCc1ccncc1. The van der Waals surface area contributed by atoms with Crippen molar-refractivity contribution < 1.29 is 47.0 Å². The van der Waals surface area contributed by atoms with E-state index in [2.05, 4.69) is 31.6 Å². The Labute approximate surface area is 315 Å². The van der Waals surface area contributed by atoms with Crippen LogP contribution < -0.4 is 26.6 Å². The zero-order valence-corrected chi connectivity index (χ0v) is 32.0. The second kappa shape index (κ2) is 21.2. The summed E-state index contributed by atoms with van der Waals surface area (Å²) in [5.74, 6) is -3.53. The fourth-order valence-electron chi connectivity index (χ4n) is 5.33. The lowest BCUT2D eigenvalue weighted by Crippen LogP contribution is -2.56. The number of benzene rings is 1. The number of nitrogens with one attached hydrogen (secondary N) is 5. The Kier molecular flexibility index (Phi) is 17.9. The molecule has 0 aliphatic heterocycles. The first kappa shape index (κ1) is 45.4. The lowest BCUT2D eigenvalue weighted by Gasteiger charge is -2.29. The summed E-state index contributed by atoms with van der Waals surface area (Å²) in [4.78, 5) is 69.3. The molecule has 0 bridgehead atoms. The van der Waals surface area contributed by atoms with E-state index in [1.165, 1.54) is 6.92 Å². The number of aliphatic hydroxyl groups excluding tert-OH is 1. The Balaban J connectivity index is 2.13. The number of carbonyl (C=O) groups excluding carboxylic acids is 5. The molecule has 16 heteroatoms. The second-order valence-electron chi connectivity index (χ2n) is 14.7. The summed E-state index contributed by atoms with van der Waals surface area (Å²) >= 11 is 0. The highest BCUT2D eigenvalue weighted by Gasteiger charge is 2.33. The second-order valence-corrected chi connectivity index (χ2v) is 14.7. The minimum absolute atomic E-state index is 0.102. The number of halogens is 3. The molecule has 13 nitrogen and oxygen atoms in total. The molecule has 5 amide bonds. The molecule has 300 valence electrons. The van der Waals surface area contributed by atoms with Crippen LogP contribution in [-0.4, -0.2) is 81.9 Å². The van der Waals surface area contributed by atoms with Crippen LogP contribution in [0.4, 0.5) is 18.0 Å². The largest absolute Gasteiger partial charge is 0.444 e. The van der Waals surface area contributed by atoms with E-state index in [1.54, 1.807) is 96.4 Å². The van der Waals surface area contributed by atoms with Crippen LogP contribution in [0.1, 0.15) is 85.3 Å². The molecule has 0 aliphatic carbocycles. The first-order valence-corrected chi connectivity index (χ1v) is 18.0. The van der Waals surface area contributed by atoms with Crippen LogP contribution in [0.3, 0.4) is 0 Å². The van der Waals surface area contributed by atoms with E-state index in [-0.39, 0.29) is 37.6 Å². The number of amides is 5. The molecule has 0 radical (unpaired) electrons. The van der Waals surface area contributed by atoms with Crippen molar-refractivity contribution in [3.05, 3.63) is 66.0 Å². The molecule has 0 aliphatic rings. The molecule has 1 heterocycles. The van der Waals surface area contributed by atoms with Gasteiger partial charge in [0.05, 0.1) is 12.1 Å². The number of hydrogen-bond donors (Lipinski definition) is 6. The minimum atomic E-state index is -4.47. The minimum Gasteiger partial charge on any atom is -0.444 e. The number of aliphatic hydroxyl groups is 1. The van der Waals surface area contributed by atoms with Crippen molar-refractivity contribution in [1.29, 1.82) is 0 Å². The van der Waals surface area contributed by atoms with Crippen molar-refractivity contribution in [2.75, 3.05) is 0 Å². The highest BCUT2D eigenvalue weighted by atomic mass is 19.4. The summed E-state index contributed by atoms with van der Waals surface area (Å²) in [5, 5.41) is 24.4. The smallest absolute Gasteiger partial charge is 0.408 e. The zero-order chi connectivity index (χ0) is 40.6. The summed E-state index contributed by atoms with van der Waals surface area (Å²) in [6.07, 6.45) is -5.52. The van der Waals surface area contributed by atoms with Crippen LogP contribution in [0.2, 0.25) is 0 Å². The van der Waals surface area contributed by atoms with Gasteiger partial charge in [-0.25, -0.2) is 4.79 Å². The maximum atomic E-state index is 13.4. The molecule has 6 N–H and O–H groups in total. The van der Waals surface area contributed by atoms with Crippen molar-refractivity contribution in [1.82, 2.24) is 31.6 Å². The number of carbonyl (C=O) groups is 5. The highest BCUT2D eigenvalue weighted by molar-refractivity contribution is 5.91. The summed E-state index contributed by atoms with van der Waals surface area (Å²) in [6, 6.07) is 7.98. The molecular formula is C38H55F3N6O7. The van der Waals surface area contributed by atoms with Gasteiger partial charge in [-0.05, 0) is 82.6 Å². The van der Waals surface area contributed by atoms with Crippen LogP contribution in [-0.2, 0) is 36.9 Å². The monoisotopic (exact) mass is 764 g/mol. The number of rotatable bonds is 19. The Hall–Kier alpha value is -4.73. The van der Waals surface area contributed by atoms with Gasteiger partial charge in [-0.2, -0.15) is 13.2 Å². The molecule has 0 unspecified atom stereocenters. The Morgan fingerprint density at radius 1 is 0.796 bits per heavy atom. The molecule has 1 aromatic carbocycles. The van der Waals surface area contributed by atoms with Crippen LogP contribution in [0.15, 0.2) is 54.9 Å². The average molecular weight is 765 g/mol. The fraction of sp³-hybridized carbons (Fsp3) is 0.579. The molecule has 6 atom stereocenters. The molecule has 2 rings (SSSR count). The maximum Gasteiger partial charge on any atom is 0.408 e. The highest BCUT2D eigenvalue weighted by Crippen LogP contribution is 2.23. The van der Waals surface area contributed by atoms with Gasteiger partial charge in [0.1, 0.15) is 23.7 Å². The summed E-state index contributed by atoms with van der Waals surface area (Å²) in [7, 11) is 0. The molecule has 54 heavy (non-hydrogen) atoms. The Morgan fingerprint density at radius 3 is 2.00 bits per heavy atom. The molecule has 0 saturated heterocycles. The number of alkyl halides is 3. The molecule has 1 aromatic heterocycles. The third-order valence-electron chi connectivity index (χ3n) is 8.31. The van der Waals surface area contributed by atoms with E-state index < -0.39 is 84.6 Å². The van der Waals surface area contributed by atoms with Gasteiger partial charge in [-0.1, -0.05) is 51.1 Å². The van der Waals surface area contributed by atoms with Crippen LogP contribution in [0, 0.1) is 11.8 Å². The third kappa shape index (κ3) is 17.4. The Morgan fingerprint density at radius 2 is 1.43 bits per heavy atom. The standard InChI is InChI=1S/C38H55F3N6O7/c1-23(2)31(35(52)43-22-27-15-18-42-19-16-27)47-32(49)24(3)20-30(48)29(21-26-12-9-8-10-13-26)45-33(50)25(4)44-34(51)28(14-11-17-38(39,40)41)46-36(53)54-37(5,6)7/h8-10,12-13,15-16,18-19,23-25,28-31,48H,11,14,17,20-22H2,1-7H3,(H,43,52)(H,44,51)(H,45,50)(H,46,53)(H,47,49)/t24-,25+,28-,29+,30+,31+/m1/s1. The van der Waals surface area contributed by atoms with Gasteiger partial charge in [0.15, 0.2) is 0 Å². The van der Waals surface area contributed by atoms with E-state index in [1.807, 2.05) is 0 Å². The first-order valence-electron chi connectivity index (χ1n) is 18.0. The van der Waals surface area contributed by atoms with Crippen LogP contribution >= 0.6 is 0 Å². The zero-order valence-electron chi connectivity index (χ0n) is 32.0. The van der Waals surface area contributed by atoms with Crippen molar-refractivity contribution in [2.24, 2.45) is 11.8 Å². The van der Waals surface area contributed by atoms with Crippen LogP contribution in [0.5, 0.6) is 0 Å². The topological polar surface area (TPSA) is 188 Å². The van der Waals surface area contributed by atoms with Gasteiger partial charge in [0.25, 0.3) is 0 Å². The number of alkyl carbamates (subject to hydrolysis) is 1. The van der Waals surface area contributed by atoms with Gasteiger partial charge in [-0.3, -0.25) is 24.2 Å². The van der Waals surface area contributed by atoms with Gasteiger partial charge in [-0.15, -0.1) is 0 Å². The van der Waals surface area contributed by atoms with Crippen molar-refractivity contribution in [3.8, 4) is 0 Å². The lowest BCUT2D eigenvalue weighted by atomic mass is 9.92. The number of hydrogen-bond acceptors (Lipinski definition) is 8. The van der Waals surface area contributed by atoms with Gasteiger partial charge in [0, 0.05) is 31.3 Å². The van der Waals surface area contributed by atoms with E-state index >= 15 is 0 Å². The normalized spacial score (nSPS) is 15.1. The molecular weight excluding hydrogens is 709 g/mol. The fourth-order valence-corrected chi connectivity index (χ4v) is 5.33. The predicted octanol–water partition coefficient (Wildman–Crippen LogP) is 4.08. The van der Waals surface area contributed by atoms with Crippen LogP contribution in [0.25, 0.3) is 0 Å². The Bertz CT molecular complexity index is 1510. The predicted molar refractivity (Wildman–Crippen MR) is 195 cm³/mol. The molecule has 0 fully saturated rings. The van der Waals surface area contributed by atoms with Crippen molar-refractivity contribution in [3.63, 3.8) is 0 Å². The van der Waals surface area contributed by atoms with E-state index in [0.717, 1.165) is 11.1 Å². The quantitative estimate of drug-likeness (QED) is 0.124. The summed E-state index contributed by atoms with van der Waals surface area (Å²) in [5.41, 5.74) is 0.651. The van der Waals surface area contributed by atoms with Gasteiger partial charge in [0.2, 0.25) is 23.6 Å². The summed E-state index contributed by atoms with van der Waals surface area (Å²) in [6.45, 7) is 11.5. The van der Waals surface area contributed by atoms with E-state index in [9.17, 15) is 42.3 Å². The summed E-state index contributed by atoms with van der Waals surface area (Å²) < 4.78 is 43.7. The number of ether oxygens (including phenoxy) is 1. The third-order valence-corrected chi connectivity index (χ3v) is 8.31. The number of aromatic nitrogens is 1. The number of pyridine rings is 1. The van der Waals surface area contributed by atoms with E-state index in [0.29, 0.717) is 0 Å².